The fraction of sp³-hybridized carbons (Fsp3) is 0.562. The molecule has 0 unspecified atom stereocenters. The number of hydrogen-bond donors (Lipinski definition) is 4. The molecular weight excluding hydrogens is 322 g/mol. The van der Waals surface area contributed by atoms with Gasteiger partial charge < -0.3 is 21.5 Å². The summed E-state index contributed by atoms with van der Waals surface area (Å²) in [5.41, 5.74) is 14.2. The summed E-state index contributed by atoms with van der Waals surface area (Å²) in [5, 5.41) is 20.7. The van der Waals surface area contributed by atoms with Gasteiger partial charge in [0, 0.05) is 6.54 Å². The summed E-state index contributed by atoms with van der Waals surface area (Å²) in [6, 6.07) is 6.16. The Balaban J connectivity index is 2.27. The van der Waals surface area contributed by atoms with Crippen LogP contribution in [0.1, 0.15) is 29.6 Å². The molecule has 9 heteroatoms. The zero-order chi connectivity index (χ0) is 18.3. The second-order valence-corrected chi connectivity index (χ2v) is 5.47. The Hall–Kier alpha value is -2.32. The Morgan fingerprint density at radius 3 is 2.52 bits per heavy atom. The van der Waals surface area contributed by atoms with Gasteiger partial charge in [0.25, 0.3) is 0 Å². The Bertz CT molecular complexity index is 561. The molecule has 1 amide bonds. The van der Waals surface area contributed by atoms with Gasteiger partial charge in [-0.3, -0.25) is 0 Å². The largest absolute Gasteiger partial charge is 0.507 e. The Morgan fingerprint density at radius 1 is 1.16 bits per heavy atom. The smallest absolute Gasteiger partial charge is 0.348 e. The van der Waals surface area contributed by atoms with Crippen molar-refractivity contribution in [1.82, 2.24) is 15.6 Å². The lowest BCUT2D eigenvalue weighted by Crippen LogP contribution is -2.33. The van der Waals surface area contributed by atoms with Crippen LogP contribution in [0.2, 0.25) is 0 Å². The lowest BCUT2D eigenvalue weighted by molar-refractivity contribution is 0.0755. The van der Waals surface area contributed by atoms with E-state index in [4.69, 9.17) is 11.3 Å². The highest BCUT2D eigenvalue weighted by atomic mass is 16.3. The molecule has 0 aliphatic rings. The second kappa shape index (κ2) is 13.0. The van der Waals surface area contributed by atoms with Gasteiger partial charge in [0.2, 0.25) is 0 Å². The number of nitrogens with one attached hydrogen (secondary N) is 2. The highest BCUT2D eigenvalue weighted by Crippen LogP contribution is 2.17. The summed E-state index contributed by atoms with van der Waals surface area (Å²) >= 11 is 0. The van der Waals surface area contributed by atoms with E-state index in [2.05, 4.69) is 20.8 Å². The van der Waals surface area contributed by atoms with E-state index in [1.54, 1.807) is 12.1 Å². The minimum Gasteiger partial charge on any atom is -0.507 e. The van der Waals surface area contributed by atoms with Crippen molar-refractivity contribution < 1.29 is 9.90 Å². The van der Waals surface area contributed by atoms with E-state index in [0.29, 0.717) is 6.54 Å². The van der Waals surface area contributed by atoms with Gasteiger partial charge >= 0.3 is 5.91 Å². The molecule has 0 saturated carbocycles. The third-order valence-corrected chi connectivity index (χ3v) is 3.53. The molecule has 9 nitrogen and oxygen atoms in total. The molecule has 0 radical (unpaired) electrons. The molecule has 0 fully saturated rings. The number of nitrogens with zero attached hydrogens (tertiary/aromatic N) is 4. The molecule has 5 N–H and O–H groups in total. The topological polar surface area (TPSA) is 139 Å². The number of hydrogen-bond acceptors (Lipinski definition) is 6. The quantitative estimate of drug-likeness (QED) is 0.140. The number of amides is 1. The Kier molecular flexibility index (Phi) is 10.8. The van der Waals surface area contributed by atoms with Crippen LogP contribution in [0, 0.1) is 0 Å². The average Bonchev–Trinajstić information content (AvgIpc) is 2.62. The molecular formula is C16H27N7O2. The lowest BCUT2D eigenvalue weighted by Gasteiger charge is -2.13. The van der Waals surface area contributed by atoms with Crippen LogP contribution in [0.25, 0.3) is 10.4 Å². The van der Waals surface area contributed by atoms with Gasteiger partial charge in [0.1, 0.15) is 17.9 Å². The van der Waals surface area contributed by atoms with E-state index in [0.717, 1.165) is 50.5 Å². The summed E-state index contributed by atoms with van der Waals surface area (Å²) in [7, 11) is 0. The third kappa shape index (κ3) is 8.37. The number of para-hydroxylation sites is 1. The minimum atomic E-state index is -0.528. The van der Waals surface area contributed by atoms with Gasteiger partial charge in [-0.1, -0.05) is 12.1 Å². The standard InChI is InChI=1S/C16H27N7O2/c17-8-3-4-9-19-10-5-11-20-12-13-23(22-21-18)16(25)14-6-1-2-7-15(14)24/h1-2,6-7,19-20,24H,3-5,8-13,17H2. The highest BCUT2D eigenvalue weighted by Gasteiger charge is 2.21. The van der Waals surface area contributed by atoms with Crippen LogP contribution in [-0.4, -0.2) is 55.3 Å². The first kappa shape index (κ1) is 20.7. The fourth-order valence-electron chi connectivity index (χ4n) is 2.20. The number of carbonyl (C=O) groups is 1. The van der Waals surface area contributed by atoms with Crippen LogP contribution in [0.15, 0.2) is 29.5 Å². The van der Waals surface area contributed by atoms with E-state index >= 15 is 0 Å². The molecule has 1 aromatic rings. The number of azide groups is 1. The SMILES string of the molecule is [N-]=[N+]=NN(CCNCCCNCCCCN)C(=O)c1ccccc1O. The molecule has 25 heavy (non-hydrogen) atoms. The van der Waals surface area contributed by atoms with Crippen LogP contribution in [0.5, 0.6) is 5.75 Å². The molecule has 0 heterocycles. The number of carbonyl (C=O) groups excluding carboxylic acids is 1. The molecule has 0 aliphatic carbocycles. The van der Waals surface area contributed by atoms with Crippen molar-refractivity contribution in [3.05, 3.63) is 40.3 Å². The van der Waals surface area contributed by atoms with Gasteiger partial charge in [-0.15, -0.1) is 5.53 Å². The van der Waals surface area contributed by atoms with Crippen molar-refractivity contribution >= 4 is 5.91 Å². The first-order valence-corrected chi connectivity index (χ1v) is 8.47. The first-order chi connectivity index (χ1) is 12.2. The number of unbranched alkanes of at least 4 members (excludes halogenated alkanes) is 1. The predicted octanol–water partition coefficient (Wildman–Crippen LogP) is 1.37. The van der Waals surface area contributed by atoms with E-state index in [1.165, 1.54) is 12.1 Å². The van der Waals surface area contributed by atoms with Gasteiger partial charge in [0.15, 0.2) is 0 Å². The number of rotatable bonds is 13. The number of benzene rings is 1. The molecule has 1 rings (SSSR count). The van der Waals surface area contributed by atoms with E-state index in [9.17, 15) is 9.90 Å². The molecule has 1 aromatic carbocycles. The fourth-order valence-corrected chi connectivity index (χ4v) is 2.20. The number of phenols is 1. The summed E-state index contributed by atoms with van der Waals surface area (Å²) in [6.07, 6.45) is 3.07. The summed E-state index contributed by atoms with van der Waals surface area (Å²) in [6.45, 7) is 4.11. The molecule has 0 bridgehead atoms. The van der Waals surface area contributed by atoms with E-state index in [-0.39, 0.29) is 17.9 Å². The maximum absolute atomic E-state index is 12.3. The van der Waals surface area contributed by atoms with Crippen molar-refractivity contribution in [1.29, 1.82) is 0 Å². The molecule has 0 spiro atoms. The van der Waals surface area contributed by atoms with Crippen molar-refractivity contribution in [2.45, 2.75) is 19.3 Å². The molecule has 138 valence electrons. The molecule has 0 atom stereocenters. The van der Waals surface area contributed by atoms with Crippen LogP contribution < -0.4 is 16.4 Å². The van der Waals surface area contributed by atoms with Gasteiger partial charge in [0.05, 0.1) is 0 Å². The number of nitrogens with two attached hydrogens (primary N) is 1. The summed E-state index contributed by atoms with van der Waals surface area (Å²) < 4.78 is 0. The number of phenolic OH excluding ortho intramolecular Hbond substituents is 1. The summed E-state index contributed by atoms with van der Waals surface area (Å²) in [5.74, 6) is -0.668. The second-order valence-electron chi connectivity index (χ2n) is 5.47. The molecule has 0 aromatic heterocycles. The Morgan fingerprint density at radius 2 is 1.84 bits per heavy atom. The van der Waals surface area contributed by atoms with Crippen LogP contribution in [0.3, 0.4) is 0 Å². The van der Waals surface area contributed by atoms with Gasteiger partial charge in [-0.2, -0.15) is 9.92 Å². The molecule has 0 aliphatic heterocycles. The molecule has 0 saturated heterocycles. The highest BCUT2D eigenvalue weighted by molar-refractivity contribution is 5.96. The number of aromatic hydroxyl groups is 1. The van der Waals surface area contributed by atoms with Crippen molar-refractivity contribution in [2.75, 3.05) is 39.3 Å². The minimum absolute atomic E-state index is 0.108. The summed E-state index contributed by atoms with van der Waals surface area (Å²) in [4.78, 5) is 15.0. The zero-order valence-corrected chi connectivity index (χ0v) is 14.4. The van der Waals surface area contributed by atoms with Gasteiger partial charge in [-0.05, 0) is 62.8 Å². The maximum atomic E-state index is 12.3. The van der Waals surface area contributed by atoms with Crippen molar-refractivity contribution in [3.8, 4) is 5.75 Å². The lowest BCUT2D eigenvalue weighted by atomic mass is 10.2. The zero-order valence-electron chi connectivity index (χ0n) is 14.4. The average molecular weight is 349 g/mol. The normalized spacial score (nSPS) is 10.3. The maximum Gasteiger partial charge on any atom is 0.348 e. The van der Waals surface area contributed by atoms with E-state index in [1.807, 2.05) is 0 Å². The van der Waals surface area contributed by atoms with Crippen molar-refractivity contribution in [2.24, 2.45) is 11.0 Å². The van der Waals surface area contributed by atoms with Gasteiger partial charge in [-0.25, -0.2) is 4.79 Å². The predicted molar refractivity (Wildman–Crippen MR) is 96.9 cm³/mol. The third-order valence-electron chi connectivity index (χ3n) is 3.53. The monoisotopic (exact) mass is 349 g/mol. The van der Waals surface area contributed by atoms with Crippen LogP contribution in [-0.2, 0) is 0 Å². The Labute approximate surface area is 147 Å². The van der Waals surface area contributed by atoms with Crippen LogP contribution >= 0.6 is 0 Å². The van der Waals surface area contributed by atoms with Crippen LogP contribution in [0.4, 0.5) is 0 Å². The first-order valence-electron chi connectivity index (χ1n) is 8.47. The van der Waals surface area contributed by atoms with E-state index < -0.39 is 5.91 Å². The van der Waals surface area contributed by atoms with Crippen molar-refractivity contribution in [3.63, 3.8) is 0 Å².